The van der Waals surface area contributed by atoms with Crippen molar-refractivity contribution in [1.29, 1.82) is 0 Å². The summed E-state index contributed by atoms with van der Waals surface area (Å²) in [5.41, 5.74) is 1.84. The molecule has 0 amide bonds. The van der Waals surface area contributed by atoms with Crippen molar-refractivity contribution < 1.29 is 9.31 Å². The van der Waals surface area contributed by atoms with Crippen molar-refractivity contribution >= 4 is 50.8 Å². The molecule has 0 fully saturated rings. The highest BCUT2D eigenvalue weighted by Gasteiger charge is 2.10. The van der Waals surface area contributed by atoms with E-state index in [1.807, 2.05) is 48.5 Å². The molecule has 0 aliphatic carbocycles. The fourth-order valence-corrected chi connectivity index (χ4v) is 3.48. The van der Waals surface area contributed by atoms with Crippen LogP contribution in [-0.4, -0.2) is 17.7 Å². The van der Waals surface area contributed by atoms with Gasteiger partial charge in [-0.25, -0.2) is 9.97 Å². The van der Waals surface area contributed by atoms with Crippen LogP contribution in [0.4, 0.5) is 0 Å². The topological polar surface area (TPSA) is 44.2 Å². The fourth-order valence-electron chi connectivity index (χ4n) is 1.91. The summed E-state index contributed by atoms with van der Waals surface area (Å²) >= 11 is 2.95. The molecule has 1 radical (unpaired) electrons. The lowest BCUT2D eigenvalue weighted by atomic mass is 10.3. The quantitative estimate of drug-likeness (QED) is 0.536. The lowest BCUT2D eigenvalue weighted by Gasteiger charge is -1.98. The minimum absolute atomic E-state index is 0.553. The highest BCUT2D eigenvalue weighted by Crippen LogP contribution is 2.29. The monoisotopic (exact) mass is 311 g/mol. The Balaban J connectivity index is 1.44. The Morgan fingerprint density at radius 1 is 0.714 bits per heavy atom. The van der Waals surface area contributed by atoms with Crippen LogP contribution in [0.2, 0.25) is 0 Å². The number of nitrogens with zero attached hydrogens (tertiary/aromatic N) is 2. The van der Waals surface area contributed by atoms with Gasteiger partial charge in [0.05, 0.1) is 20.4 Å². The highest BCUT2D eigenvalue weighted by atomic mass is 32.1. The Labute approximate surface area is 129 Å². The van der Waals surface area contributed by atoms with E-state index in [0.29, 0.717) is 10.4 Å². The molecule has 0 aliphatic rings. The standard InChI is InChI=1S/C14H8BN2O2S2/c1-3-7-11-9(5-1)16-13(20-11)18-15-19-14-17-10-6-2-4-8-12(10)21-14/h1-8H. The number of hydrogen-bond donors (Lipinski definition) is 0. The maximum absolute atomic E-state index is 5.42. The van der Waals surface area contributed by atoms with E-state index in [-0.39, 0.29) is 0 Å². The number of thiazole rings is 2. The number of aromatic nitrogens is 2. The zero-order valence-corrected chi connectivity index (χ0v) is 12.4. The van der Waals surface area contributed by atoms with Crippen LogP contribution in [-0.2, 0) is 0 Å². The van der Waals surface area contributed by atoms with Crippen LogP contribution in [0, 0.1) is 0 Å². The first-order valence-electron chi connectivity index (χ1n) is 6.25. The first-order chi connectivity index (χ1) is 10.4. The largest absolute Gasteiger partial charge is 0.661 e. The van der Waals surface area contributed by atoms with Crippen molar-refractivity contribution in [1.82, 2.24) is 9.97 Å². The summed E-state index contributed by atoms with van der Waals surface area (Å²) in [6.45, 7) is 0. The first-order valence-corrected chi connectivity index (χ1v) is 7.88. The molecule has 0 aliphatic heterocycles. The van der Waals surface area contributed by atoms with Crippen molar-refractivity contribution in [2.75, 3.05) is 0 Å². The second-order valence-electron chi connectivity index (χ2n) is 4.23. The smallest absolute Gasteiger partial charge is 0.504 e. The van der Waals surface area contributed by atoms with E-state index in [1.54, 1.807) is 0 Å². The van der Waals surface area contributed by atoms with E-state index in [2.05, 4.69) is 9.97 Å². The van der Waals surface area contributed by atoms with Gasteiger partial charge in [-0.15, -0.1) is 0 Å². The van der Waals surface area contributed by atoms with Crippen LogP contribution in [0.3, 0.4) is 0 Å². The molecule has 0 bridgehead atoms. The maximum Gasteiger partial charge on any atom is 0.661 e. The average molecular weight is 311 g/mol. The van der Waals surface area contributed by atoms with E-state index in [0.717, 1.165) is 20.4 Å². The predicted octanol–water partition coefficient (Wildman–Crippen LogP) is 3.90. The molecule has 0 spiro atoms. The number of hydrogen-bond acceptors (Lipinski definition) is 6. The van der Waals surface area contributed by atoms with Crippen molar-refractivity contribution in [3.63, 3.8) is 0 Å². The third-order valence-corrected chi connectivity index (χ3v) is 4.70. The van der Waals surface area contributed by atoms with Gasteiger partial charge in [-0.3, -0.25) is 0 Å². The molecule has 4 rings (SSSR count). The molecule has 7 heteroatoms. The second kappa shape index (κ2) is 5.35. The van der Waals surface area contributed by atoms with Gasteiger partial charge in [0, 0.05) is 0 Å². The molecule has 0 saturated carbocycles. The van der Waals surface area contributed by atoms with E-state index >= 15 is 0 Å². The van der Waals surface area contributed by atoms with Crippen molar-refractivity contribution in [2.24, 2.45) is 0 Å². The number of fused-ring (bicyclic) bond motifs is 2. The van der Waals surface area contributed by atoms with E-state index < -0.39 is 0 Å². The summed E-state index contributed by atoms with van der Waals surface area (Å²) in [6, 6.07) is 15.8. The van der Waals surface area contributed by atoms with Gasteiger partial charge in [-0.2, -0.15) is 0 Å². The molecule has 21 heavy (non-hydrogen) atoms. The molecule has 2 heterocycles. The molecule has 2 aromatic heterocycles. The molecule has 4 nitrogen and oxygen atoms in total. The van der Waals surface area contributed by atoms with Gasteiger partial charge < -0.3 is 9.31 Å². The molecule has 101 valence electrons. The van der Waals surface area contributed by atoms with E-state index in [1.165, 1.54) is 30.4 Å². The van der Waals surface area contributed by atoms with Gasteiger partial charge in [0.2, 0.25) is 0 Å². The second-order valence-corrected chi connectivity index (χ2v) is 6.21. The number of para-hydroxylation sites is 2. The minimum Gasteiger partial charge on any atom is -0.504 e. The Kier molecular flexibility index (Phi) is 3.21. The van der Waals surface area contributed by atoms with Gasteiger partial charge >= 0.3 is 7.69 Å². The summed E-state index contributed by atoms with van der Waals surface area (Å²) in [5, 5.41) is 1.11. The van der Waals surface area contributed by atoms with Crippen LogP contribution in [0.5, 0.6) is 10.4 Å². The van der Waals surface area contributed by atoms with Gasteiger partial charge in [0.1, 0.15) is 0 Å². The summed E-state index contributed by atoms with van der Waals surface area (Å²) < 4.78 is 13.0. The van der Waals surface area contributed by atoms with Gasteiger partial charge in [-0.05, 0) is 24.3 Å². The summed E-state index contributed by atoms with van der Waals surface area (Å²) in [7, 11) is 1.27. The lowest BCUT2D eigenvalue weighted by Crippen LogP contribution is -2.10. The SMILES string of the molecule is [B](Oc1nc2ccccc2s1)Oc1nc2ccccc2s1. The third kappa shape index (κ3) is 2.57. The van der Waals surface area contributed by atoms with Gasteiger partial charge in [0.25, 0.3) is 10.4 Å². The van der Waals surface area contributed by atoms with Crippen LogP contribution in [0.15, 0.2) is 48.5 Å². The van der Waals surface area contributed by atoms with Gasteiger partial charge in [0.15, 0.2) is 0 Å². The van der Waals surface area contributed by atoms with Crippen LogP contribution in [0.1, 0.15) is 0 Å². The van der Waals surface area contributed by atoms with Crippen LogP contribution >= 0.6 is 22.7 Å². The van der Waals surface area contributed by atoms with E-state index in [4.69, 9.17) is 9.31 Å². The lowest BCUT2D eigenvalue weighted by molar-refractivity contribution is 0.456. The number of rotatable bonds is 4. The third-order valence-electron chi connectivity index (χ3n) is 2.85. The Morgan fingerprint density at radius 2 is 1.19 bits per heavy atom. The Bertz CT molecular complexity index is 766. The zero-order valence-electron chi connectivity index (χ0n) is 10.7. The molecule has 0 unspecified atom stereocenters. The highest BCUT2D eigenvalue weighted by molar-refractivity contribution is 7.20. The first kappa shape index (κ1) is 12.6. The average Bonchev–Trinajstić information content (AvgIpc) is 3.09. The zero-order chi connectivity index (χ0) is 14.1. The molecule has 0 atom stereocenters. The minimum atomic E-state index is 0.553. The van der Waals surface area contributed by atoms with Crippen LogP contribution in [0.25, 0.3) is 20.4 Å². The Morgan fingerprint density at radius 3 is 1.67 bits per heavy atom. The van der Waals surface area contributed by atoms with Crippen LogP contribution < -0.4 is 9.31 Å². The maximum atomic E-state index is 5.42. The summed E-state index contributed by atoms with van der Waals surface area (Å²) in [4.78, 5) is 8.71. The van der Waals surface area contributed by atoms with E-state index in [9.17, 15) is 0 Å². The number of benzene rings is 2. The Hall–Kier alpha value is -2.12. The molecule has 4 aromatic rings. The van der Waals surface area contributed by atoms with Crippen molar-refractivity contribution in [3.05, 3.63) is 48.5 Å². The molecular weight excluding hydrogens is 303 g/mol. The summed E-state index contributed by atoms with van der Waals surface area (Å²) in [6.07, 6.45) is 0. The van der Waals surface area contributed by atoms with Crippen molar-refractivity contribution in [3.8, 4) is 10.4 Å². The molecule has 2 aromatic carbocycles. The molecule has 0 saturated heterocycles. The molecule has 0 N–H and O–H groups in total. The van der Waals surface area contributed by atoms with Gasteiger partial charge in [-0.1, -0.05) is 46.9 Å². The van der Waals surface area contributed by atoms with Crippen molar-refractivity contribution in [2.45, 2.75) is 0 Å². The predicted molar refractivity (Wildman–Crippen MR) is 86.3 cm³/mol. The molecular formula is C14H8BN2O2S2. The normalized spacial score (nSPS) is 10.9. The summed E-state index contributed by atoms with van der Waals surface area (Å²) in [5.74, 6) is 0. The fraction of sp³-hybridized carbons (Fsp3) is 0.